The maximum atomic E-state index is 12.6. The van der Waals surface area contributed by atoms with Crippen molar-refractivity contribution >= 4 is 44.0 Å². The normalized spacial score (nSPS) is 14.3. The minimum atomic E-state index is -0.459. The molecule has 2 heterocycles. The number of fused-ring (bicyclic) bond motifs is 1. The lowest BCUT2D eigenvalue weighted by Gasteiger charge is -2.28. The quantitative estimate of drug-likeness (QED) is 0.548. The van der Waals surface area contributed by atoms with Crippen LogP contribution in [0.2, 0.25) is 0 Å². The van der Waals surface area contributed by atoms with Gasteiger partial charge in [-0.25, -0.2) is 4.98 Å². The predicted molar refractivity (Wildman–Crippen MR) is 104 cm³/mol. The summed E-state index contributed by atoms with van der Waals surface area (Å²) in [6, 6.07) is 12.1. The Balaban J connectivity index is 1.59. The zero-order valence-corrected chi connectivity index (χ0v) is 15.1. The molecule has 1 fully saturated rings. The Labute approximate surface area is 158 Å². The van der Waals surface area contributed by atoms with Crippen LogP contribution in [-0.4, -0.2) is 42.1 Å². The highest BCUT2D eigenvalue weighted by Crippen LogP contribution is 2.31. The van der Waals surface area contributed by atoms with Crippen LogP contribution in [0.15, 0.2) is 42.5 Å². The molecule has 1 aliphatic rings. The van der Waals surface area contributed by atoms with Crippen LogP contribution < -0.4 is 10.2 Å². The van der Waals surface area contributed by atoms with E-state index in [-0.39, 0.29) is 11.3 Å². The zero-order valence-electron chi connectivity index (χ0n) is 14.3. The molecule has 0 aliphatic carbocycles. The number of ether oxygens (including phenoxy) is 1. The number of nitro benzene ring substituents is 1. The predicted octanol–water partition coefficient (Wildman–Crippen LogP) is 3.29. The SMILES string of the molecule is O=C(Nc1nc2ccccc2s1)c1ccc(N2CCOCC2)c([N+](=O)[O-])c1. The minimum Gasteiger partial charge on any atom is -0.378 e. The lowest BCUT2D eigenvalue weighted by molar-refractivity contribution is -0.384. The molecule has 0 saturated carbocycles. The van der Waals surface area contributed by atoms with E-state index < -0.39 is 10.8 Å². The van der Waals surface area contributed by atoms with Gasteiger partial charge in [0.25, 0.3) is 11.6 Å². The molecule has 138 valence electrons. The topological polar surface area (TPSA) is 97.6 Å². The molecule has 8 nitrogen and oxygen atoms in total. The third-order valence-corrected chi connectivity index (χ3v) is 5.25. The van der Waals surface area contributed by atoms with Crippen molar-refractivity contribution in [3.63, 3.8) is 0 Å². The van der Waals surface area contributed by atoms with Gasteiger partial charge in [0.2, 0.25) is 0 Å². The maximum Gasteiger partial charge on any atom is 0.293 e. The lowest BCUT2D eigenvalue weighted by Crippen LogP contribution is -2.36. The van der Waals surface area contributed by atoms with Crippen LogP contribution in [0.1, 0.15) is 10.4 Å². The van der Waals surface area contributed by atoms with Gasteiger partial charge >= 0.3 is 0 Å². The van der Waals surface area contributed by atoms with Gasteiger partial charge in [0.1, 0.15) is 5.69 Å². The molecule has 0 atom stereocenters. The fourth-order valence-electron chi connectivity index (χ4n) is 2.98. The molecule has 1 N–H and O–H groups in total. The Morgan fingerprint density at radius 2 is 2.00 bits per heavy atom. The molecule has 0 spiro atoms. The van der Waals surface area contributed by atoms with Crippen LogP contribution in [0.25, 0.3) is 10.2 Å². The van der Waals surface area contributed by atoms with E-state index in [9.17, 15) is 14.9 Å². The first kappa shape index (κ1) is 17.4. The molecular formula is C18H16N4O4S. The van der Waals surface area contributed by atoms with Gasteiger partial charge in [-0.2, -0.15) is 0 Å². The van der Waals surface area contributed by atoms with E-state index in [1.54, 1.807) is 12.1 Å². The summed E-state index contributed by atoms with van der Waals surface area (Å²) in [6.07, 6.45) is 0. The van der Waals surface area contributed by atoms with Gasteiger partial charge < -0.3 is 9.64 Å². The standard InChI is InChI=1S/C18H16N4O4S/c23-17(20-18-19-13-3-1-2-4-16(13)27-18)12-5-6-14(15(11-12)22(24)25)21-7-9-26-10-8-21/h1-6,11H,7-10H2,(H,19,20,23). The molecule has 1 aromatic heterocycles. The number of para-hydroxylation sites is 1. The summed E-state index contributed by atoms with van der Waals surface area (Å²) in [6.45, 7) is 2.21. The van der Waals surface area contributed by atoms with E-state index in [2.05, 4.69) is 10.3 Å². The van der Waals surface area contributed by atoms with Crippen molar-refractivity contribution in [3.05, 3.63) is 58.1 Å². The van der Waals surface area contributed by atoms with Crippen molar-refractivity contribution in [1.29, 1.82) is 0 Å². The van der Waals surface area contributed by atoms with Gasteiger partial charge in [0.05, 0.1) is 28.4 Å². The van der Waals surface area contributed by atoms with Crippen molar-refractivity contribution in [2.45, 2.75) is 0 Å². The molecule has 4 rings (SSSR count). The van der Waals surface area contributed by atoms with E-state index in [0.717, 1.165) is 10.2 Å². The van der Waals surface area contributed by atoms with E-state index in [4.69, 9.17) is 4.74 Å². The Hall–Kier alpha value is -3.04. The number of carbonyl (C=O) groups excluding carboxylic acids is 1. The highest BCUT2D eigenvalue weighted by molar-refractivity contribution is 7.22. The van der Waals surface area contributed by atoms with Crippen LogP contribution >= 0.6 is 11.3 Å². The number of aromatic nitrogens is 1. The van der Waals surface area contributed by atoms with E-state index in [1.165, 1.54) is 17.4 Å². The first-order valence-electron chi connectivity index (χ1n) is 8.40. The fraction of sp³-hybridized carbons (Fsp3) is 0.222. The number of nitrogens with one attached hydrogen (secondary N) is 1. The van der Waals surface area contributed by atoms with Crippen molar-refractivity contribution < 1.29 is 14.5 Å². The smallest absolute Gasteiger partial charge is 0.293 e. The minimum absolute atomic E-state index is 0.0890. The summed E-state index contributed by atoms with van der Waals surface area (Å²) >= 11 is 1.36. The van der Waals surface area contributed by atoms with E-state index in [1.807, 2.05) is 29.2 Å². The van der Waals surface area contributed by atoms with Crippen molar-refractivity contribution in [3.8, 4) is 0 Å². The number of benzene rings is 2. The van der Waals surface area contributed by atoms with Gasteiger partial charge in [0, 0.05) is 24.7 Å². The van der Waals surface area contributed by atoms with Gasteiger partial charge in [-0.3, -0.25) is 20.2 Å². The highest BCUT2D eigenvalue weighted by atomic mass is 32.1. The van der Waals surface area contributed by atoms with E-state index >= 15 is 0 Å². The van der Waals surface area contributed by atoms with Gasteiger partial charge in [-0.05, 0) is 24.3 Å². The Morgan fingerprint density at radius 1 is 1.22 bits per heavy atom. The molecule has 3 aromatic rings. The Kier molecular flexibility index (Phi) is 4.69. The number of thiazole rings is 1. The highest BCUT2D eigenvalue weighted by Gasteiger charge is 2.23. The molecule has 0 radical (unpaired) electrons. The molecule has 0 unspecified atom stereocenters. The first-order valence-corrected chi connectivity index (χ1v) is 9.21. The molecule has 1 amide bonds. The van der Waals surface area contributed by atoms with Gasteiger partial charge in [-0.1, -0.05) is 23.5 Å². The molecule has 9 heteroatoms. The van der Waals surface area contributed by atoms with Crippen LogP contribution in [0.5, 0.6) is 0 Å². The van der Waals surface area contributed by atoms with Crippen molar-refractivity contribution in [2.24, 2.45) is 0 Å². The van der Waals surface area contributed by atoms with Crippen LogP contribution in [0.4, 0.5) is 16.5 Å². The summed E-state index contributed by atoms with van der Waals surface area (Å²) in [7, 11) is 0. The van der Waals surface area contributed by atoms with Crippen LogP contribution in [0, 0.1) is 10.1 Å². The molecule has 27 heavy (non-hydrogen) atoms. The second-order valence-electron chi connectivity index (χ2n) is 6.00. The maximum absolute atomic E-state index is 12.6. The van der Waals surface area contributed by atoms with Crippen molar-refractivity contribution in [1.82, 2.24) is 4.98 Å². The second kappa shape index (κ2) is 7.29. The average Bonchev–Trinajstić information content (AvgIpc) is 3.10. The monoisotopic (exact) mass is 384 g/mol. The number of anilines is 2. The fourth-order valence-corrected chi connectivity index (χ4v) is 3.84. The number of nitrogens with zero attached hydrogens (tertiary/aromatic N) is 3. The zero-order chi connectivity index (χ0) is 18.8. The number of nitro groups is 1. The number of amides is 1. The van der Waals surface area contributed by atoms with Gasteiger partial charge in [0.15, 0.2) is 5.13 Å². The molecule has 1 saturated heterocycles. The van der Waals surface area contributed by atoms with Crippen LogP contribution in [-0.2, 0) is 4.74 Å². The van der Waals surface area contributed by atoms with E-state index in [0.29, 0.717) is 37.1 Å². The molecule has 0 bridgehead atoms. The summed E-state index contributed by atoms with van der Waals surface area (Å²) < 4.78 is 6.25. The summed E-state index contributed by atoms with van der Waals surface area (Å²) in [5.41, 5.74) is 1.43. The number of hydrogen-bond donors (Lipinski definition) is 1. The lowest BCUT2D eigenvalue weighted by atomic mass is 10.1. The molecular weight excluding hydrogens is 368 g/mol. The number of hydrogen-bond acceptors (Lipinski definition) is 7. The third-order valence-electron chi connectivity index (χ3n) is 4.30. The average molecular weight is 384 g/mol. The number of carbonyl (C=O) groups is 1. The second-order valence-corrected chi connectivity index (χ2v) is 7.03. The van der Waals surface area contributed by atoms with Gasteiger partial charge in [-0.15, -0.1) is 0 Å². The molecule has 1 aliphatic heterocycles. The first-order chi connectivity index (χ1) is 13.1. The summed E-state index contributed by atoms with van der Waals surface area (Å²) in [4.78, 5) is 29.9. The number of morpholine rings is 1. The Morgan fingerprint density at radius 3 is 2.74 bits per heavy atom. The third kappa shape index (κ3) is 3.60. The van der Waals surface area contributed by atoms with Crippen LogP contribution in [0.3, 0.4) is 0 Å². The summed E-state index contributed by atoms with van der Waals surface area (Å²) in [5, 5.41) is 14.7. The Bertz CT molecular complexity index is 981. The summed E-state index contributed by atoms with van der Waals surface area (Å²) in [5.74, 6) is -0.425. The molecule has 2 aromatic carbocycles. The van der Waals surface area contributed by atoms with Crippen molar-refractivity contribution in [2.75, 3.05) is 36.5 Å². The largest absolute Gasteiger partial charge is 0.378 e. The number of rotatable bonds is 4.